The average molecular weight is 435 g/mol. The predicted octanol–water partition coefficient (Wildman–Crippen LogP) is 3.96. The molecular formula is C23H22N4O3S. The number of aryl methyl sites for hydroxylation is 1. The summed E-state index contributed by atoms with van der Waals surface area (Å²) in [6.07, 6.45) is 7.35. The van der Waals surface area contributed by atoms with E-state index in [0.717, 1.165) is 26.7 Å². The van der Waals surface area contributed by atoms with Gasteiger partial charge in [0.25, 0.3) is 5.91 Å². The van der Waals surface area contributed by atoms with Crippen molar-refractivity contribution in [1.82, 2.24) is 20.6 Å². The molecule has 1 fully saturated rings. The lowest BCUT2D eigenvalue weighted by atomic mass is 9.88. The van der Waals surface area contributed by atoms with Crippen molar-refractivity contribution < 1.29 is 14.3 Å². The number of ether oxygens (including phenoxy) is 1. The zero-order valence-corrected chi connectivity index (χ0v) is 18.0. The molecule has 0 spiro atoms. The molecule has 0 aliphatic carbocycles. The Kier molecular flexibility index (Phi) is 5.90. The number of pyridine rings is 2. The molecule has 0 saturated carbocycles. The molecule has 2 N–H and O–H groups in total. The smallest absolute Gasteiger partial charge is 0.322 e. The molecule has 7 nitrogen and oxygen atoms in total. The van der Waals surface area contributed by atoms with Crippen LogP contribution in [-0.2, 0) is 16.9 Å². The standard InChI is InChI=1S/C23H22N4O3S/c1-3-23(21(28)26-22(29)27-23)19-13-24-9-8-20(19)31-18-6-4-17(5-7-18)30-14-16-10-15(2)11-25-12-16/h4-13H,3,14H2,1-2H3,(H2,26,27,28,29). The van der Waals surface area contributed by atoms with E-state index in [4.69, 9.17) is 4.74 Å². The summed E-state index contributed by atoms with van der Waals surface area (Å²) in [5.74, 6) is 0.400. The first-order valence-electron chi connectivity index (χ1n) is 9.89. The summed E-state index contributed by atoms with van der Waals surface area (Å²) >= 11 is 1.51. The molecule has 158 valence electrons. The molecule has 1 aromatic carbocycles. The van der Waals surface area contributed by atoms with Gasteiger partial charge in [-0.05, 0) is 55.3 Å². The van der Waals surface area contributed by atoms with Gasteiger partial charge in [-0.1, -0.05) is 18.7 Å². The van der Waals surface area contributed by atoms with Crippen molar-refractivity contribution in [1.29, 1.82) is 0 Å². The van der Waals surface area contributed by atoms with Gasteiger partial charge in [0.2, 0.25) is 0 Å². The maximum absolute atomic E-state index is 12.5. The number of nitrogens with zero attached hydrogens (tertiary/aromatic N) is 2. The maximum atomic E-state index is 12.5. The van der Waals surface area contributed by atoms with Gasteiger partial charge in [-0.25, -0.2) is 4.79 Å². The second-order valence-corrected chi connectivity index (χ2v) is 8.39. The van der Waals surface area contributed by atoms with Crippen molar-refractivity contribution >= 4 is 23.7 Å². The summed E-state index contributed by atoms with van der Waals surface area (Å²) in [4.78, 5) is 34.5. The molecule has 1 unspecified atom stereocenters. The third-order valence-electron chi connectivity index (χ3n) is 5.10. The summed E-state index contributed by atoms with van der Waals surface area (Å²) in [5.41, 5.74) is 1.68. The van der Waals surface area contributed by atoms with Crippen molar-refractivity contribution in [2.45, 2.75) is 42.2 Å². The number of aromatic nitrogens is 2. The lowest BCUT2D eigenvalue weighted by Gasteiger charge is -2.26. The van der Waals surface area contributed by atoms with Gasteiger partial charge in [-0.2, -0.15) is 0 Å². The van der Waals surface area contributed by atoms with E-state index in [0.29, 0.717) is 18.6 Å². The van der Waals surface area contributed by atoms with Gasteiger partial charge in [-0.3, -0.25) is 20.1 Å². The van der Waals surface area contributed by atoms with E-state index < -0.39 is 11.6 Å². The van der Waals surface area contributed by atoms with Crippen molar-refractivity contribution in [3.63, 3.8) is 0 Å². The minimum absolute atomic E-state index is 0.357. The Labute approximate surface area is 184 Å². The van der Waals surface area contributed by atoms with Gasteiger partial charge in [-0.15, -0.1) is 0 Å². The van der Waals surface area contributed by atoms with Gasteiger partial charge >= 0.3 is 6.03 Å². The predicted molar refractivity (Wildman–Crippen MR) is 117 cm³/mol. The van der Waals surface area contributed by atoms with Crippen molar-refractivity contribution in [2.75, 3.05) is 0 Å². The minimum atomic E-state index is -1.11. The summed E-state index contributed by atoms with van der Waals surface area (Å²) in [5, 5.41) is 5.12. The van der Waals surface area contributed by atoms with E-state index in [1.165, 1.54) is 11.8 Å². The van der Waals surface area contributed by atoms with Gasteiger partial charge in [0, 0.05) is 45.7 Å². The zero-order valence-electron chi connectivity index (χ0n) is 17.2. The highest BCUT2D eigenvalue weighted by atomic mass is 32.2. The summed E-state index contributed by atoms with van der Waals surface area (Å²) in [7, 11) is 0. The lowest BCUT2D eigenvalue weighted by Crippen LogP contribution is -2.43. The SMILES string of the molecule is CCC1(c2cnccc2Sc2ccc(OCc3cncc(C)c3)cc2)NC(=O)NC1=O. The molecule has 3 aromatic rings. The van der Waals surface area contributed by atoms with Crippen LogP contribution in [0.25, 0.3) is 0 Å². The third-order valence-corrected chi connectivity index (χ3v) is 6.19. The van der Waals surface area contributed by atoms with Crippen molar-refractivity contribution in [3.05, 3.63) is 77.9 Å². The molecule has 3 heterocycles. The molecule has 4 rings (SSSR count). The van der Waals surface area contributed by atoms with Crippen LogP contribution >= 0.6 is 11.8 Å². The van der Waals surface area contributed by atoms with E-state index in [1.54, 1.807) is 18.6 Å². The minimum Gasteiger partial charge on any atom is -0.489 e. The Bertz CT molecular complexity index is 1120. The quantitative estimate of drug-likeness (QED) is 0.547. The fraction of sp³-hybridized carbons (Fsp3) is 0.217. The van der Waals surface area contributed by atoms with Crippen molar-refractivity contribution in [3.8, 4) is 5.75 Å². The molecule has 31 heavy (non-hydrogen) atoms. The highest BCUT2D eigenvalue weighted by molar-refractivity contribution is 7.99. The van der Waals surface area contributed by atoms with Crippen LogP contribution in [0.3, 0.4) is 0 Å². The summed E-state index contributed by atoms with van der Waals surface area (Å²) < 4.78 is 5.86. The highest BCUT2D eigenvalue weighted by Gasteiger charge is 2.47. The molecule has 8 heteroatoms. The number of nitrogens with one attached hydrogen (secondary N) is 2. The molecule has 0 radical (unpaired) electrons. The van der Waals surface area contributed by atoms with Crippen LogP contribution < -0.4 is 15.4 Å². The summed E-state index contributed by atoms with van der Waals surface area (Å²) in [6, 6.07) is 11.2. The molecule has 0 bridgehead atoms. The van der Waals surface area contributed by atoms with Crippen LogP contribution in [0.4, 0.5) is 4.79 Å². The van der Waals surface area contributed by atoms with Gasteiger partial charge in [0.15, 0.2) is 0 Å². The molecule has 1 saturated heterocycles. The topological polar surface area (TPSA) is 93.2 Å². The Hall–Kier alpha value is -3.39. The van der Waals surface area contributed by atoms with E-state index in [2.05, 4.69) is 20.6 Å². The average Bonchev–Trinajstić information content (AvgIpc) is 3.07. The third kappa shape index (κ3) is 4.39. The second kappa shape index (κ2) is 8.77. The van der Waals surface area contributed by atoms with E-state index in [9.17, 15) is 9.59 Å². The second-order valence-electron chi connectivity index (χ2n) is 7.27. The van der Waals surface area contributed by atoms with E-state index in [-0.39, 0.29) is 5.91 Å². The van der Waals surface area contributed by atoms with E-state index >= 15 is 0 Å². The molecular weight excluding hydrogens is 412 g/mol. The van der Waals surface area contributed by atoms with Gasteiger partial charge < -0.3 is 10.1 Å². The molecule has 1 atom stereocenters. The maximum Gasteiger partial charge on any atom is 0.322 e. The Morgan fingerprint density at radius 1 is 1.06 bits per heavy atom. The van der Waals surface area contributed by atoms with Gasteiger partial charge in [0.05, 0.1) is 0 Å². The number of carbonyl (C=O) groups is 2. The van der Waals surface area contributed by atoms with Crippen LogP contribution in [0, 0.1) is 6.92 Å². The monoisotopic (exact) mass is 434 g/mol. The van der Waals surface area contributed by atoms with Crippen LogP contribution in [-0.4, -0.2) is 21.9 Å². The zero-order chi connectivity index (χ0) is 21.8. The van der Waals surface area contributed by atoms with Gasteiger partial charge in [0.1, 0.15) is 17.9 Å². The molecule has 3 amide bonds. The number of rotatable bonds is 7. The van der Waals surface area contributed by atoms with Crippen LogP contribution in [0.15, 0.2) is 71.0 Å². The largest absolute Gasteiger partial charge is 0.489 e. The number of benzene rings is 1. The normalized spacial score (nSPS) is 17.9. The number of imide groups is 1. The number of urea groups is 1. The lowest BCUT2D eigenvalue weighted by molar-refractivity contribution is -0.124. The van der Waals surface area contributed by atoms with Crippen LogP contribution in [0.1, 0.15) is 30.0 Å². The highest BCUT2D eigenvalue weighted by Crippen LogP contribution is 2.38. The number of carbonyl (C=O) groups excluding carboxylic acids is 2. The molecule has 2 aromatic heterocycles. The van der Waals surface area contributed by atoms with Crippen LogP contribution in [0.2, 0.25) is 0 Å². The van der Waals surface area contributed by atoms with Crippen molar-refractivity contribution in [2.24, 2.45) is 0 Å². The number of hydrogen-bond acceptors (Lipinski definition) is 6. The summed E-state index contributed by atoms with van der Waals surface area (Å²) in [6.45, 7) is 4.31. The first-order chi connectivity index (χ1) is 15.0. The Morgan fingerprint density at radius 3 is 2.55 bits per heavy atom. The first kappa shape index (κ1) is 20.9. The number of hydrogen-bond donors (Lipinski definition) is 2. The van der Waals surface area contributed by atoms with Crippen LogP contribution in [0.5, 0.6) is 5.75 Å². The first-order valence-corrected chi connectivity index (χ1v) is 10.7. The Balaban J connectivity index is 1.50. The molecule has 1 aliphatic rings. The fourth-order valence-corrected chi connectivity index (χ4v) is 4.50. The number of amides is 3. The fourth-order valence-electron chi connectivity index (χ4n) is 3.51. The Morgan fingerprint density at radius 2 is 1.87 bits per heavy atom. The molecule has 1 aliphatic heterocycles. The van der Waals surface area contributed by atoms with E-state index in [1.807, 2.05) is 56.4 Å².